The number of rotatable bonds is 6. The molecule has 11 rings (SSSR count). The second-order valence-corrected chi connectivity index (χ2v) is 14.8. The molecule has 1 aromatic heterocycles. The first-order chi connectivity index (χ1) is 28.2. The molecule has 3 nitrogen and oxygen atoms in total. The van der Waals surface area contributed by atoms with E-state index in [0.717, 1.165) is 22.1 Å². The summed E-state index contributed by atoms with van der Waals surface area (Å²) in [4.78, 5) is 14.8. The number of hydrogen-bond donors (Lipinski definition) is 0. The van der Waals surface area contributed by atoms with Gasteiger partial charge in [-0.3, -0.25) is 0 Å². The normalized spacial score (nSPS) is 12.7. The zero-order chi connectivity index (χ0) is 37.8. The first-order valence-electron chi connectivity index (χ1n) is 19.4. The summed E-state index contributed by atoms with van der Waals surface area (Å²) >= 11 is 0. The molecule has 1 heterocycles. The van der Waals surface area contributed by atoms with Gasteiger partial charge in [0.25, 0.3) is 0 Å². The molecule has 0 bridgehead atoms. The Hall–Kier alpha value is -7.49. The summed E-state index contributed by atoms with van der Waals surface area (Å²) in [6, 6.07) is 76.1. The zero-order valence-electron chi connectivity index (χ0n) is 31.0. The minimum atomic E-state index is -0.433. The molecule has 0 N–H and O–H groups in total. The lowest BCUT2D eigenvalue weighted by atomic mass is 9.67. The first-order valence-corrected chi connectivity index (χ1v) is 19.4. The average molecular weight is 726 g/mol. The van der Waals surface area contributed by atoms with Crippen LogP contribution in [0.4, 0.5) is 0 Å². The van der Waals surface area contributed by atoms with E-state index in [1.165, 1.54) is 60.7 Å². The highest BCUT2D eigenvalue weighted by atomic mass is 15.0. The van der Waals surface area contributed by atoms with Crippen molar-refractivity contribution in [2.45, 2.75) is 5.41 Å². The van der Waals surface area contributed by atoms with Gasteiger partial charge in [-0.25, -0.2) is 15.0 Å². The van der Waals surface area contributed by atoms with Gasteiger partial charge in [0, 0.05) is 16.7 Å². The van der Waals surface area contributed by atoms with E-state index in [-0.39, 0.29) is 0 Å². The third kappa shape index (κ3) is 5.39. The summed E-state index contributed by atoms with van der Waals surface area (Å²) in [7, 11) is 0. The van der Waals surface area contributed by atoms with Gasteiger partial charge in [0.05, 0.1) is 5.41 Å². The molecule has 0 saturated carbocycles. The van der Waals surface area contributed by atoms with Crippen LogP contribution in [0.2, 0.25) is 0 Å². The summed E-state index contributed by atoms with van der Waals surface area (Å²) in [5, 5.41) is 4.75. The van der Waals surface area contributed by atoms with Crippen LogP contribution in [-0.2, 0) is 5.41 Å². The summed E-state index contributed by atoms with van der Waals surface area (Å²) in [6.45, 7) is 0. The molecular formula is C54H35N3. The van der Waals surface area contributed by atoms with Crippen LogP contribution >= 0.6 is 0 Å². The molecule has 0 radical (unpaired) electrons. The molecule has 10 aromatic rings. The second-order valence-electron chi connectivity index (χ2n) is 14.8. The van der Waals surface area contributed by atoms with Crippen LogP contribution in [0.15, 0.2) is 212 Å². The Bertz CT molecular complexity index is 3010. The van der Waals surface area contributed by atoms with Crippen LogP contribution in [0.5, 0.6) is 0 Å². The molecule has 3 heteroatoms. The van der Waals surface area contributed by atoms with Gasteiger partial charge in [0.1, 0.15) is 0 Å². The van der Waals surface area contributed by atoms with E-state index in [1.54, 1.807) is 0 Å². The lowest BCUT2D eigenvalue weighted by Crippen LogP contribution is -2.28. The van der Waals surface area contributed by atoms with Crippen molar-refractivity contribution in [2.24, 2.45) is 0 Å². The van der Waals surface area contributed by atoms with Crippen LogP contribution in [-0.4, -0.2) is 15.0 Å². The molecule has 0 amide bonds. The monoisotopic (exact) mass is 725 g/mol. The highest BCUT2D eigenvalue weighted by molar-refractivity contribution is 6.09. The fraction of sp³-hybridized carbons (Fsp3) is 0.0185. The van der Waals surface area contributed by atoms with E-state index in [1.807, 2.05) is 60.7 Å². The fourth-order valence-corrected chi connectivity index (χ4v) is 8.95. The van der Waals surface area contributed by atoms with E-state index in [9.17, 15) is 0 Å². The summed E-state index contributed by atoms with van der Waals surface area (Å²) in [5.74, 6) is 1.97. The topological polar surface area (TPSA) is 38.7 Å². The minimum Gasteiger partial charge on any atom is -0.208 e. The lowest BCUT2D eigenvalue weighted by Gasteiger charge is -2.34. The molecule has 0 saturated heterocycles. The Balaban J connectivity index is 1.02. The zero-order valence-corrected chi connectivity index (χ0v) is 31.0. The van der Waals surface area contributed by atoms with Gasteiger partial charge in [-0.15, -0.1) is 0 Å². The highest BCUT2D eigenvalue weighted by Gasteiger charge is 2.46. The van der Waals surface area contributed by atoms with Crippen LogP contribution in [0.25, 0.3) is 78.0 Å². The number of benzene rings is 9. The molecule has 0 spiro atoms. The van der Waals surface area contributed by atoms with Crippen LogP contribution < -0.4 is 0 Å². The summed E-state index contributed by atoms with van der Waals surface area (Å²) in [6.07, 6.45) is 0. The van der Waals surface area contributed by atoms with Crippen LogP contribution in [0.1, 0.15) is 22.3 Å². The average Bonchev–Trinajstić information content (AvgIpc) is 3.60. The van der Waals surface area contributed by atoms with Crippen molar-refractivity contribution in [3.8, 4) is 56.4 Å². The van der Waals surface area contributed by atoms with Crippen molar-refractivity contribution >= 4 is 21.5 Å². The van der Waals surface area contributed by atoms with E-state index < -0.39 is 5.41 Å². The number of nitrogens with zero attached hydrogens (tertiary/aromatic N) is 3. The smallest absolute Gasteiger partial charge is 0.164 e. The first kappa shape index (κ1) is 32.9. The molecule has 9 aromatic carbocycles. The van der Waals surface area contributed by atoms with Crippen molar-refractivity contribution < 1.29 is 0 Å². The van der Waals surface area contributed by atoms with E-state index >= 15 is 0 Å². The molecule has 57 heavy (non-hydrogen) atoms. The Morgan fingerprint density at radius 2 is 0.702 bits per heavy atom. The summed E-state index contributed by atoms with van der Waals surface area (Å²) in [5.41, 5.74) is 12.6. The molecule has 1 aliphatic carbocycles. The molecule has 0 aliphatic heterocycles. The van der Waals surface area contributed by atoms with Crippen LogP contribution in [0, 0.1) is 0 Å². The lowest BCUT2D eigenvalue weighted by molar-refractivity contribution is 0.769. The maximum absolute atomic E-state index is 4.98. The van der Waals surface area contributed by atoms with Gasteiger partial charge in [-0.2, -0.15) is 0 Å². The minimum absolute atomic E-state index is 0.433. The molecule has 1 aliphatic rings. The number of aromatic nitrogens is 3. The van der Waals surface area contributed by atoms with Crippen molar-refractivity contribution in [1.29, 1.82) is 0 Å². The van der Waals surface area contributed by atoms with Gasteiger partial charge in [-0.05, 0) is 84.3 Å². The second kappa shape index (κ2) is 13.4. The third-order valence-corrected chi connectivity index (χ3v) is 11.6. The largest absolute Gasteiger partial charge is 0.208 e. The third-order valence-electron chi connectivity index (χ3n) is 11.6. The number of hydrogen-bond acceptors (Lipinski definition) is 3. The molecule has 0 atom stereocenters. The predicted octanol–water partition coefficient (Wildman–Crippen LogP) is 13.2. The van der Waals surface area contributed by atoms with E-state index in [0.29, 0.717) is 17.5 Å². The molecule has 0 unspecified atom stereocenters. The van der Waals surface area contributed by atoms with Crippen molar-refractivity contribution in [3.63, 3.8) is 0 Å². The highest BCUT2D eigenvalue weighted by Crippen LogP contribution is 2.56. The Kier molecular flexibility index (Phi) is 7.71. The SMILES string of the molecule is c1ccc(-c2nc(-c3ccccc3)nc(-c3ccc4c(ccc5cc(-c6ccc7c(c6)C(c6ccccc6)(c6ccccc6)c6ccccc6-7)ccc54)c3)n2)cc1. The predicted molar refractivity (Wildman–Crippen MR) is 234 cm³/mol. The Morgan fingerprint density at radius 1 is 0.281 bits per heavy atom. The van der Waals surface area contributed by atoms with Crippen molar-refractivity contribution in [1.82, 2.24) is 15.0 Å². The van der Waals surface area contributed by atoms with E-state index in [2.05, 4.69) is 152 Å². The van der Waals surface area contributed by atoms with Gasteiger partial charge < -0.3 is 0 Å². The fourth-order valence-electron chi connectivity index (χ4n) is 8.95. The Labute approximate surface area is 331 Å². The van der Waals surface area contributed by atoms with Crippen LogP contribution in [0.3, 0.4) is 0 Å². The standard InChI is InChI=1S/C54H35N3/c1-5-15-36(16-6-1)51-55-52(37-17-7-2-8-18-37)57-53(56-51)42-29-31-46-41(34-42)26-25-40-33-38(27-30-45(40)46)39-28-32-48-47-23-13-14-24-49(47)54(50(48)35-39,43-19-9-3-10-20-43)44-21-11-4-12-22-44/h1-35H. The van der Waals surface area contributed by atoms with Crippen molar-refractivity contribution in [3.05, 3.63) is 235 Å². The van der Waals surface area contributed by atoms with Crippen molar-refractivity contribution in [2.75, 3.05) is 0 Å². The van der Waals surface area contributed by atoms with Gasteiger partial charge in [-0.1, -0.05) is 194 Å². The maximum atomic E-state index is 4.98. The quantitative estimate of drug-likeness (QED) is 0.160. The molecule has 266 valence electrons. The summed E-state index contributed by atoms with van der Waals surface area (Å²) < 4.78 is 0. The molecule has 0 fully saturated rings. The van der Waals surface area contributed by atoms with E-state index in [4.69, 9.17) is 15.0 Å². The molecular weight excluding hydrogens is 691 g/mol. The van der Waals surface area contributed by atoms with Gasteiger partial charge >= 0.3 is 0 Å². The Morgan fingerprint density at radius 3 is 1.28 bits per heavy atom. The van der Waals surface area contributed by atoms with Gasteiger partial charge in [0.2, 0.25) is 0 Å². The van der Waals surface area contributed by atoms with Gasteiger partial charge in [0.15, 0.2) is 17.5 Å². The number of fused-ring (bicyclic) bond motifs is 6. The maximum Gasteiger partial charge on any atom is 0.164 e.